The van der Waals surface area contributed by atoms with Gasteiger partial charge < -0.3 is 0 Å². The molecule has 28 heavy (non-hydrogen) atoms. The van der Waals surface area contributed by atoms with Crippen molar-refractivity contribution in [3.8, 4) is 0 Å². The summed E-state index contributed by atoms with van der Waals surface area (Å²) in [7, 11) is 0. The molecule has 0 aliphatic heterocycles. The molecule has 1 aliphatic rings. The molecule has 0 spiro atoms. The van der Waals surface area contributed by atoms with Gasteiger partial charge in [-0.05, 0) is 35.4 Å². The zero-order valence-corrected chi connectivity index (χ0v) is 17.3. The zero-order valence-electron chi connectivity index (χ0n) is 15.7. The van der Waals surface area contributed by atoms with E-state index in [0.717, 1.165) is 29.4 Å². The number of tetrazole rings is 1. The highest BCUT2D eigenvalue weighted by Crippen LogP contribution is 2.33. The summed E-state index contributed by atoms with van der Waals surface area (Å²) < 4.78 is 1.98. The lowest BCUT2D eigenvalue weighted by molar-refractivity contribution is -0.115. The van der Waals surface area contributed by atoms with E-state index in [-0.39, 0.29) is 5.91 Å². The lowest BCUT2D eigenvalue weighted by Gasteiger charge is -2.21. The number of amides is 1. The summed E-state index contributed by atoms with van der Waals surface area (Å²) in [6.07, 6.45) is 6.07. The molecule has 0 bridgehead atoms. The molecule has 1 saturated carbocycles. The number of anilines is 2. The number of benzene rings is 1. The number of hydrogen-bond donors (Lipinski definition) is 0. The van der Waals surface area contributed by atoms with Crippen LogP contribution in [-0.4, -0.2) is 31.1 Å². The predicted molar refractivity (Wildman–Crippen MR) is 111 cm³/mol. The van der Waals surface area contributed by atoms with Crippen LogP contribution in [0, 0.1) is 0 Å². The summed E-state index contributed by atoms with van der Waals surface area (Å²) >= 11 is 3.07. The second-order valence-corrected chi connectivity index (χ2v) is 8.58. The van der Waals surface area contributed by atoms with E-state index >= 15 is 0 Å². The van der Waals surface area contributed by atoms with Crippen molar-refractivity contribution in [2.45, 2.75) is 56.0 Å². The summed E-state index contributed by atoms with van der Waals surface area (Å²) in [4.78, 5) is 18.5. The Labute approximate surface area is 172 Å². The minimum Gasteiger partial charge on any atom is -0.274 e. The van der Waals surface area contributed by atoms with Crippen molar-refractivity contribution in [3.05, 3.63) is 41.4 Å². The zero-order chi connectivity index (χ0) is 19.3. The first-order valence-electron chi connectivity index (χ1n) is 9.43. The molecule has 1 amide bonds. The Morgan fingerprint density at radius 2 is 2.04 bits per heavy atom. The monoisotopic (exact) mass is 414 g/mol. The number of nitrogens with zero attached hydrogens (tertiary/aromatic N) is 6. The Balaban J connectivity index is 1.46. The maximum Gasteiger partial charge on any atom is 0.230 e. The molecule has 146 valence electrons. The molecule has 1 aliphatic carbocycles. The number of hydrogen-bond acceptors (Lipinski definition) is 7. The van der Waals surface area contributed by atoms with Gasteiger partial charge in [0.25, 0.3) is 0 Å². The second kappa shape index (κ2) is 8.83. The number of aromatic nitrogens is 5. The summed E-state index contributed by atoms with van der Waals surface area (Å²) in [5.74, 6) is 0.616. The Hall–Kier alpha value is -2.26. The van der Waals surface area contributed by atoms with Crippen LogP contribution in [0.1, 0.15) is 50.8 Å². The van der Waals surface area contributed by atoms with E-state index < -0.39 is 0 Å². The van der Waals surface area contributed by atoms with E-state index in [2.05, 4.69) is 20.5 Å². The van der Waals surface area contributed by atoms with Gasteiger partial charge in [-0.2, -0.15) is 0 Å². The number of thiazole rings is 1. The molecule has 0 saturated heterocycles. The first-order valence-corrected chi connectivity index (χ1v) is 11.3. The number of thioether (sulfide) groups is 1. The van der Waals surface area contributed by atoms with E-state index in [1.165, 1.54) is 30.6 Å². The van der Waals surface area contributed by atoms with Crippen LogP contribution in [0.4, 0.5) is 10.8 Å². The predicted octanol–water partition coefficient (Wildman–Crippen LogP) is 4.61. The first-order chi connectivity index (χ1) is 13.7. The van der Waals surface area contributed by atoms with E-state index in [9.17, 15) is 4.79 Å². The minimum atomic E-state index is -0.0546. The third kappa shape index (κ3) is 4.25. The van der Waals surface area contributed by atoms with Gasteiger partial charge in [0, 0.05) is 18.1 Å². The van der Waals surface area contributed by atoms with Crippen molar-refractivity contribution in [1.82, 2.24) is 25.2 Å². The summed E-state index contributed by atoms with van der Waals surface area (Å²) in [5, 5.41) is 15.8. The van der Waals surface area contributed by atoms with Crippen LogP contribution >= 0.6 is 23.1 Å². The SMILES string of the molecule is CC(=O)N(c1ccccc1)c1nc(CSc2nnnn2C2CCCCC2)cs1. The van der Waals surface area contributed by atoms with Crippen molar-refractivity contribution < 1.29 is 4.79 Å². The van der Waals surface area contributed by atoms with Gasteiger partial charge >= 0.3 is 0 Å². The Morgan fingerprint density at radius 1 is 1.25 bits per heavy atom. The topological polar surface area (TPSA) is 76.8 Å². The number of rotatable bonds is 6. The average molecular weight is 415 g/mol. The second-order valence-electron chi connectivity index (χ2n) is 6.80. The molecule has 0 atom stereocenters. The molecule has 0 radical (unpaired) electrons. The van der Waals surface area contributed by atoms with Crippen LogP contribution in [0.5, 0.6) is 0 Å². The van der Waals surface area contributed by atoms with Gasteiger partial charge in [0.05, 0.1) is 17.4 Å². The fourth-order valence-electron chi connectivity index (χ4n) is 3.44. The fourth-order valence-corrected chi connectivity index (χ4v) is 5.27. The van der Waals surface area contributed by atoms with Crippen LogP contribution in [-0.2, 0) is 10.5 Å². The van der Waals surface area contributed by atoms with Crippen LogP contribution in [0.2, 0.25) is 0 Å². The van der Waals surface area contributed by atoms with E-state index in [4.69, 9.17) is 0 Å². The van der Waals surface area contributed by atoms with Crippen LogP contribution < -0.4 is 4.90 Å². The normalized spacial score (nSPS) is 14.9. The maximum absolute atomic E-state index is 12.2. The smallest absolute Gasteiger partial charge is 0.230 e. The molecule has 0 N–H and O–H groups in total. The minimum absolute atomic E-state index is 0.0546. The van der Waals surface area contributed by atoms with Gasteiger partial charge in [-0.1, -0.05) is 49.2 Å². The van der Waals surface area contributed by atoms with Gasteiger partial charge in [-0.3, -0.25) is 9.69 Å². The first kappa shape index (κ1) is 19.1. The highest BCUT2D eigenvalue weighted by Gasteiger charge is 2.21. The van der Waals surface area contributed by atoms with Crippen LogP contribution in [0.25, 0.3) is 0 Å². The molecular weight excluding hydrogens is 392 g/mol. The Morgan fingerprint density at radius 3 is 2.79 bits per heavy atom. The van der Waals surface area contributed by atoms with Crippen molar-refractivity contribution in [3.63, 3.8) is 0 Å². The Kier molecular flexibility index (Phi) is 6.01. The molecular formula is C19H22N6OS2. The van der Waals surface area contributed by atoms with Crippen LogP contribution in [0.3, 0.4) is 0 Å². The van der Waals surface area contributed by atoms with E-state index in [1.807, 2.05) is 40.4 Å². The van der Waals surface area contributed by atoms with E-state index in [1.54, 1.807) is 23.6 Å². The number of para-hydroxylation sites is 1. The number of carbonyl (C=O) groups excluding carboxylic acids is 1. The lowest BCUT2D eigenvalue weighted by atomic mass is 9.96. The molecule has 3 aromatic rings. The van der Waals surface area contributed by atoms with Gasteiger partial charge in [0.2, 0.25) is 11.1 Å². The standard InChI is InChI=1S/C19H22N6OS2/c1-14(26)24(16-8-4-2-5-9-16)18-20-15(12-27-18)13-28-19-21-22-23-25(19)17-10-6-3-7-11-17/h2,4-5,8-9,12,17H,3,6-7,10-11,13H2,1H3. The summed E-state index contributed by atoms with van der Waals surface area (Å²) in [6.45, 7) is 1.56. The van der Waals surface area contributed by atoms with Crippen molar-refractivity contribution in [2.75, 3.05) is 4.90 Å². The molecule has 0 unspecified atom stereocenters. The summed E-state index contributed by atoms with van der Waals surface area (Å²) in [6, 6.07) is 10.00. The van der Waals surface area contributed by atoms with Gasteiger partial charge in [0.15, 0.2) is 5.13 Å². The Bertz CT molecular complexity index is 919. The molecule has 1 aromatic carbocycles. The third-order valence-electron chi connectivity index (χ3n) is 4.79. The summed E-state index contributed by atoms with van der Waals surface area (Å²) in [5.41, 5.74) is 1.75. The van der Waals surface area contributed by atoms with Gasteiger partial charge in [-0.25, -0.2) is 9.67 Å². The molecule has 4 rings (SSSR count). The van der Waals surface area contributed by atoms with Gasteiger partial charge in [-0.15, -0.1) is 16.4 Å². The third-order valence-corrected chi connectivity index (χ3v) is 6.63. The molecule has 9 heteroatoms. The van der Waals surface area contributed by atoms with Crippen molar-refractivity contribution in [2.24, 2.45) is 0 Å². The molecule has 7 nitrogen and oxygen atoms in total. The average Bonchev–Trinajstić information content (AvgIpc) is 3.37. The molecule has 2 aromatic heterocycles. The van der Waals surface area contributed by atoms with E-state index in [0.29, 0.717) is 16.9 Å². The largest absolute Gasteiger partial charge is 0.274 e. The highest BCUT2D eigenvalue weighted by atomic mass is 32.2. The molecule has 1 fully saturated rings. The highest BCUT2D eigenvalue weighted by molar-refractivity contribution is 7.98. The molecule has 2 heterocycles. The maximum atomic E-state index is 12.2. The lowest BCUT2D eigenvalue weighted by Crippen LogP contribution is -2.22. The quantitative estimate of drug-likeness (QED) is 0.548. The number of carbonyl (C=O) groups is 1. The fraction of sp³-hybridized carbons (Fsp3) is 0.421. The van der Waals surface area contributed by atoms with Crippen molar-refractivity contribution >= 4 is 39.8 Å². The van der Waals surface area contributed by atoms with Crippen LogP contribution in [0.15, 0.2) is 40.9 Å². The van der Waals surface area contributed by atoms with Gasteiger partial charge in [0.1, 0.15) is 0 Å². The van der Waals surface area contributed by atoms with Crippen molar-refractivity contribution in [1.29, 1.82) is 0 Å².